The molecule has 0 aliphatic heterocycles. The zero-order valence-corrected chi connectivity index (χ0v) is 11.2. The minimum absolute atomic E-state index is 0. The van der Waals surface area contributed by atoms with Crippen LogP contribution in [0.3, 0.4) is 0 Å². The van der Waals surface area contributed by atoms with E-state index in [2.05, 4.69) is 0 Å². The van der Waals surface area contributed by atoms with Crippen LogP contribution < -0.4 is 29.6 Å². The molecule has 6 heteroatoms. The summed E-state index contributed by atoms with van der Waals surface area (Å²) in [7, 11) is -4.30. The van der Waals surface area contributed by atoms with Gasteiger partial charge in [-0.2, -0.15) is 0 Å². The quantitative estimate of drug-likeness (QED) is 0.338. The molecule has 15 heavy (non-hydrogen) atoms. The van der Waals surface area contributed by atoms with Crippen molar-refractivity contribution >= 4 is 15.9 Å². The van der Waals surface area contributed by atoms with Gasteiger partial charge in [-0.25, -0.2) is 8.42 Å². The van der Waals surface area contributed by atoms with E-state index in [1.54, 1.807) is 30.3 Å². The normalized spacial score (nSPS) is 10.5. The fourth-order valence-corrected chi connectivity index (χ4v) is 1.42. The Balaban J connectivity index is 0.00000196. The third-order valence-corrected chi connectivity index (χ3v) is 2.38. The fraction of sp³-hybridized carbons (Fsp3) is 0.222. The number of Topliss-reactive ketones (excluding diaryl/α,β-unsaturated/α-hetero) is 1. The second-order valence-electron chi connectivity index (χ2n) is 2.80. The van der Waals surface area contributed by atoms with Gasteiger partial charge in [-0.05, 0) is 0 Å². The van der Waals surface area contributed by atoms with Crippen LogP contribution >= 0.6 is 0 Å². The van der Waals surface area contributed by atoms with Crippen LogP contribution in [0.4, 0.5) is 0 Å². The van der Waals surface area contributed by atoms with E-state index < -0.39 is 15.9 Å². The van der Waals surface area contributed by atoms with Crippen LogP contribution in [0.15, 0.2) is 30.3 Å². The topological polar surface area (TPSA) is 74.3 Å². The van der Waals surface area contributed by atoms with Crippen LogP contribution in [-0.2, 0) is 10.1 Å². The number of benzene rings is 1. The van der Waals surface area contributed by atoms with Gasteiger partial charge in [0.25, 0.3) is 0 Å². The maximum atomic E-state index is 11.3. The molecule has 0 spiro atoms. The number of hydrogen-bond acceptors (Lipinski definition) is 4. The van der Waals surface area contributed by atoms with Crippen LogP contribution in [-0.4, -0.2) is 24.5 Å². The van der Waals surface area contributed by atoms with E-state index in [1.165, 1.54) is 0 Å². The molecule has 76 valence electrons. The standard InChI is InChI=1S/C9H10O4S.Na/c10-9(6-7-14(11,12)13)8-4-2-1-3-5-8;/h1-5H,6-7H2,(H,11,12,13);/q;+1/p-1. The van der Waals surface area contributed by atoms with Crippen molar-refractivity contribution in [2.75, 3.05) is 5.75 Å². The van der Waals surface area contributed by atoms with Crippen molar-refractivity contribution in [3.05, 3.63) is 35.9 Å². The van der Waals surface area contributed by atoms with E-state index in [0.29, 0.717) is 5.56 Å². The summed E-state index contributed by atoms with van der Waals surface area (Å²) in [6, 6.07) is 8.28. The molecule has 0 amide bonds. The number of rotatable bonds is 4. The molecule has 0 bridgehead atoms. The third-order valence-electron chi connectivity index (χ3n) is 1.67. The summed E-state index contributed by atoms with van der Waals surface area (Å²) in [5.74, 6) is -0.967. The van der Waals surface area contributed by atoms with E-state index in [4.69, 9.17) is 0 Å². The maximum Gasteiger partial charge on any atom is 1.00 e. The van der Waals surface area contributed by atoms with Crippen molar-refractivity contribution < 1.29 is 47.3 Å². The second-order valence-corrected chi connectivity index (χ2v) is 4.32. The predicted molar refractivity (Wildman–Crippen MR) is 50.0 cm³/mol. The van der Waals surface area contributed by atoms with Crippen LogP contribution in [0.25, 0.3) is 0 Å². The van der Waals surface area contributed by atoms with Gasteiger partial charge in [-0.3, -0.25) is 4.79 Å². The van der Waals surface area contributed by atoms with E-state index in [-0.39, 0.29) is 41.8 Å². The van der Waals surface area contributed by atoms with Gasteiger partial charge >= 0.3 is 29.6 Å². The minimum atomic E-state index is -4.30. The van der Waals surface area contributed by atoms with Gasteiger partial charge in [0.2, 0.25) is 0 Å². The summed E-state index contributed by atoms with van der Waals surface area (Å²) >= 11 is 0. The molecule has 0 aliphatic rings. The minimum Gasteiger partial charge on any atom is -0.748 e. The van der Waals surface area contributed by atoms with Gasteiger partial charge in [0, 0.05) is 17.7 Å². The zero-order valence-electron chi connectivity index (χ0n) is 8.34. The zero-order chi connectivity index (χ0) is 10.6. The van der Waals surface area contributed by atoms with Crippen molar-refractivity contribution in [1.29, 1.82) is 0 Å². The SMILES string of the molecule is O=C(CCS(=O)(=O)[O-])c1ccccc1.[Na+]. The van der Waals surface area contributed by atoms with Crippen molar-refractivity contribution in [3.8, 4) is 0 Å². The first-order valence-corrected chi connectivity index (χ1v) is 5.58. The largest absolute Gasteiger partial charge is 1.00 e. The van der Waals surface area contributed by atoms with Crippen molar-refractivity contribution in [2.24, 2.45) is 0 Å². The first kappa shape index (κ1) is 14.8. The molecule has 0 heterocycles. The van der Waals surface area contributed by atoms with Gasteiger partial charge < -0.3 is 4.55 Å². The average molecular weight is 236 g/mol. The van der Waals surface area contributed by atoms with E-state index >= 15 is 0 Å². The number of hydrogen-bond donors (Lipinski definition) is 0. The molecule has 0 aliphatic carbocycles. The summed E-state index contributed by atoms with van der Waals surface area (Å²) in [4.78, 5) is 11.3. The molecule has 0 aromatic heterocycles. The van der Waals surface area contributed by atoms with Crippen LogP contribution in [0.2, 0.25) is 0 Å². The Labute approximate surface area is 111 Å². The van der Waals surface area contributed by atoms with Crippen LogP contribution in [0.5, 0.6) is 0 Å². The first-order chi connectivity index (χ1) is 6.49. The van der Waals surface area contributed by atoms with Gasteiger partial charge in [0.05, 0.1) is 10.1 Å². The molecule has 0 fully saturated rings. The summed E-state index contributed by atoms with van der Waals surface area (Å²) in [6.07, 6.45) is -0.254. The molecule has 1 rings (SSSR count). The Morgan fingerprint density at radius 1 is 1.20 bits per heavy atom. The maximum absolute atomic E-state index is 11.3. The molecule has 0 N–H and O–H groups in total. The Hall–Kier alpha value is -0.200. The van der Waals surface area contributed by atoms with Crippen molar-refractivity contribution in [2.45, 2.75) is 6.42 Å². The molecular formula is C9H9NaO4S. The van der Waals surface area contributed by atoms with Gasteiger partial charge in [-0.1, -0.05) is 30.3 Å². The number of ketones is 1. The van der Waals surface area contributed by atoms with Crippen LogP contribution in [0, 0.1) is 0 Å². The van der Waals surface area contributed by atoms with Gasteiger partial charge in [0.15, 0.2) is 5.78 Å². The number of carbonyl (C=O) groups excluding carboxylic acids is 1. The van der Waals surface area contributed by atoms with E-state index in [0.717, 1.165) is 0 Å². The molecule has 0 atom stereocenters. The van der Waals surface area contributed by atoms with Gasteiger partial charge in [0.1, 0.15) is 0 Å². The molecule has 0 saturated heterocycles. The van der Waals surface area contributed by atoms with Crippen LogP contribution in [0.1, 0.15) is 16.8 Å². The molecule has 1 aromatic rings. The summed E-state index contributed by atoms with van der Waals surface area (Å²) in [6.45, 7) is 0. The van der Waals surface area contributed by atoms with Crippen molar-refractivity contribution in [1.82, 2.24) is 0 Å². The van der Waals surface area contributed by atoms with E-state index in [9.17, 15) is 17.8 Å². The summed E-state index contributed by atoms with van der Waals surface area (Å²) in [5.41, 5.74) is 0.427. The first-order valence-electron chi connectivity index (χ1n) is 4.01. The Morgan fingerprint density at radius 3 is 2.20 bits per heavy atom. The second kappa shape index (κ2) is 6.40. The van der Waals surface area contributed by atoms with Crippen molar-refractivity contribution in [3.63, 3.8) is 0 Å². The molecule has 0 unspecified atom stereocenters. The average Bonchev–Trinajstić information content (AvgIpc) is 2.14. The molecule has 0 saturated carbocycles. The Morgan fingerprint density at radius 2 is 1.73 bits per heavy atom. The summed E-state index contributed by atoms with van der Waals surface area (Å²) < 4.78 is 30.8. The molecule has 1 aromatic carbocycles. The molecular weight excluding hydrogens is 227 g/mol. The smallest absolute Gasteiger partial charge is 0.748 e. The monoisotopic (exact) mass is 236 g/mol. The molecule has 0 radical (unpaired) electrons. The molecule has 4 nitrogen and oxygen atoms in total. The van der Waals surface area contributed by atoms with Gasteiger partial charge in [-0.15, -0.1) is 0 Å². The van der Waals surface area contributed by atoms with E-state index in [1.807, 2.05) is 0 Å². The Bertz CT molecular complexity index is 413. The number of carbonyl (C=O) groups is 1. The summed E-state index contributed by atoms with van der Waals surface area (Å²) in [5, 5.41) is 0. The third kappa shape index (κ3) is 6.06. The predicted octanol–water partition coefficient (Wildman–Crippen LogP) is -2.19. The Kier molecular flexibility index (Phi) is 6.31. The fourth-order valence-electron chi connectivity index (χ4n) is 0.986.